The van der Waals surface area contributed by atoms with Gasteiger partial charge in [0.2, 0.25) is 0 Å². The second-order valence-electron chi connectivity index (χ2n) is 3.48. The summed E-state index contributed by atoms with van der Waals surface area (Å²) in [5.41, 5.74) is 0.955. The van der Waals surface area contributed by atoms with Gasteiger partial charge in [-0.15, -0.1) is 11.6 Å². The van der Waals surface area contributed by atoms with Gasteiger partial charge in [-0.1, -0.05) is 0 Å². The van der Waals surface area contributed by atoms with Gasteiger partial charge in [-0.25, -0.2) is 0 Å². The Morgan fingerprint density at radius 1 is 1.59 bits per heavy atom. The van der Waals surface area contributed by atoms with Crippen molar-refractivity contribution in [2.75, 3.05) is 5.88 Å². The lowest BCUT2D eigenvalue weighted by Gasteiger charge is -1.98. The zero-order valence-electron chi connectivity index (χ0n) is 8.88. The van der Waals surface area contributed by atoms with Crippen LogP contribution in [-0.4, -0.2) is 26.5 Å². The molecule has 2 aromatic rings. The standard InChI is InChI=1S/C10H8ClN3O3/c1-6-8-3-2-7(14(16)17)4-9(8)13(12-6)10(15)5-11/h2-4H,5H2,1H3. The van der Waals surface area contributed by atoms with Crippen LogP contribution in [0.15, 0.2) is 18.2 Å². The summed E-state index contributed by atoms with van der Waals surface area (Å²) in [6.07, 6.45) is 0. The molecule has 0 unspecified atom stereocenters. The molecular weight excluding hydrogens is 246 g/mol. The van der Waals surface area contributed by atoms with Crippen LogP contribution in [0.1, 0.15) is 10.5 Å². The lowest BCUT2D eigenvalue weighted by atomic mass is 10.2. The van der Waals surface area contributed by atoms with Gasteiger partial charge in [0.25, 0.3) is 11.6 Å². The summed E-state index contributed by atoms with van der Waals surface area (Å²) in [5.74, 6) is -0.635. The molecule has 0 aliphatic rings. The zero-order valence-corrected chi connectivity index (χ0v) is 9.64. The second kappa shape index (κ2) is 4.14. The van der Waals surface area contributed by atoms with Gasteiger partial charge >= 0.3 is 0 Å². The number of carbonyl (C=O) groups is 1. The molecule has 7 heteroatoms. The van der Waals surface area contributed by atoms with Crippen molar-refractivity contribution in [1.29, 1.82) is 0 Å². The number of nitro groups is 1. The number of benzene rings is 1. The molecule has 6 nitrogen and oxygen atoms in total. The first-order valence-corrected chi connectivity index (χ1v) is 5.31. The maximum absolute atomic E-state index is 11.5. The van der Waals surface area contributed by atoms with Gasteiger partial charge in [-0.05, 0) is 13.0 Å². The molecule has 1 heterocycles. The number of aromatic nitrogens is 2. The first kappa shape index (κ1) is 11.5. The minimum atomic E-state index is -0.517. The number of rotatable bonds is 2. The van der Waals surface area contributed by atoms with Crippen molar-refractivity contribution in [3.8, 4) is 0 Å². The van der Waals surface area contributed by atoms with Crippen molar-refractivity contribution in [1.82, 2.24) is 9.78 Å². The predicted octanol–water partition coefficient (Wildman–Crippen LogP) is 2.13. The van der Waals surface area contributed by atoms with E-state index in [-0.39, 0.29) is 11.6 Å². The highest BCUT2D eigenvalue weighted by atomic mass is 35.5. The summed E-state index contributed by atoms with van der Waals surface area (Å²) in [6, 6.07) is 4.28. The van der Waals surface area contributed by atoms with Gasteiger partial charge in [0.1, 0.15) is 5.88 Å². The second-order valence-corrected chi connectivity index (χ2v) is 3.75. The molecule has 0 bridgehead atoms. The number of nitro benzene ring substituents is 1. The molecular formula is C10H8ClN3O3. The lowest BCUT2D eigenvalue weighted by molar-refractivity contribution is -0.384. The molecule has 0 saturated heterocycles. The topological polar surface area (TPSA) is 78.0 Å². The first-order valence-electron chi connectivity index (χ1n) is 4.77. The Balaban J connectivity index is 2.73. The average molecular weight is 254 g/mol. The third-order valence-electron chi connectivity index (χ3n) is 2.41. The van der Waals surface area contributed by atoms with E-state index >= 15 is 0 Å². The van der Waals surface area contributed by atoms with Gasteiger partial charge in [-0.2, -0.15) is 9.78 Å². The average Bonchev–Trinajstić information content (AvgIpc) is 2.65. The molecule has 2 rings (SSSR count). The zero-order chi connectivity index (χ0) is 12.6. The van der Waals surface area contributed by atoms with E-state index < -0.39 is 10.8 Å². The molecule has 88 valence electrons. The number of non-ortho nitro benzene ring substituents is 1. The molecule has 0 aliphatic carbocycles. The van der Waals surface area contributed by atoms with Crippen molar-refractivity contribution in [3.63, 3.8) is 0 Å². The van der Waals surface area contributed by atoms with Gasteiger partial charge in [0.05, 0.1) is 16.1 Å². The summed E-state index contributed by atoms with van der Waals surface area (Å²) in [6.45, 7) is 1.73. The summed E-state index contributed by atoms with van der Waals surface area (Å²) in [4.78, 5) is 21.7. The predicted molar refractivity (Wildman–Crippen MR) is 62.5 cm³/mol. The van der Waals surface area contributed by atoms with Gasteiger partial charge in [0, 0.05) is 17.5 Å². The normalized spacial score (nSPS) is 10.7. The molecule has 0 spiro atoms. The van der Waals surface area contributed by atoms with E-state index in [0.717, 1.165) is 4.68 Å². The highest BCUT2D eigenvalue weighted by Gasteiger charge is 2.16. The van der Waals surface area contributed by atoms with Crippen LogP contribution >= 0.6 is 11.6 Å². The van der Waals surface area contributed by atoms with Crippen LogP contribution < -0.4 is 0 Å². The molecule has 1 aromatic carbocycles. The fourth-order valence-electron chi connectivity index (χ4n) is 1.62. The van der Waals surface area contributed by atoms with E-state index in [9.17, 15) is 14.9 Å². The van der Waals surface area contributed by atoms with Crippen LogP contribution in [0.5, 0.6) is 0 Å². The van der Waals surface area contributed by atoms with Gasteiger partial charge < -0.3 is 0 Å². The number of fused-ring (bicyclic) bond motifs is 1. The fourth-order valence-corrected chi connectivity index (χ4v) is 1.73. The Bertz CT molecular complexity index is 621. The van der Waals surface area contributed by atoms with E-state index in [1.807, 2.05) is 0 Å². The number of nitrogens with zero attached hydrogens (tertiary/aromatic N) is 3. The summed E-state index contributed by atoms with van der Waals surface area (Å²) in [5, 5.41) is 15.4. The molecule has 0 fully saturated rings. The number of carbonyl (C=O) groups excluding carboxylic acids is 1. The van der Waals surface area contributed by atoms with Crippen LogP contribution in [0, 0.1) is 17.0 Å². The Kier molecular flexibility index (Phi) is 2.81. The molecule has 17 heavy (non-hydrogen) atoms. The SMILES string of the molecule is Cc1nn(C(=O)CCl)c2cc([N+](=O)[O-])ccc12. The number of aryl methyl sites for hydroxylation is 1. The molecule has 0 amide bonds. The van der Waals surface area contributed by atoms with Crippen molar-refractivity contribution >= 4 is 34.1 Å². The van der Waals surface area contributed by atoms with Crippen molar-refractivity contribution in [3.05, 3.63) is 34.0 Å². The largest absolute Gasteiger partial charge is 0.271 e. The maximum atomic E-state index is 11.5. The number of halogens is 1. The third-order valence-corrected chi connectivity index (χ3v) is 2.64. The third kappa shape index (κ3) is 1.87. The minimum Gasteiger partial charge on any atom is -0.271 e. The highest BCUT2D eigenvalue weighted by molar-refractivity contribution is 6.28. The van der Waals surface area contributed by atoms with Crippen LogP contribution in [0.4, 0.5) is 5.69 Å². The maximum Gasteiger partial charge on any atom is 0.271 e. The lowest BCUT2D eigenvalue weighted by Crippen LogP contribution is -2.13. The Labute approximate surface area is 101 Å². The van der Waals surface area contributed by atoms with Crippen molar-refractivity contribution in [2.45, 2.75) is 6.92 Å². The molecule has 0 atom stereocenters. The smallest absolute Gasteiger partial charge is 0.271 e. The Morgan fingerprint density at radius 3 is 2.88 bits per heavy atom. The number of hydrogen-bond acceptors (Lipinski definition) is 4. The monoisotopic (exact) mass is 253 g/mol. The Hall–Kier alpha value is -1.95. The first-order chi connectivity index (χ1) is 8.04. The number of alkyl halides is 1. The van der Waals surface area contributed by atoms with Crippen LogP contribution in [0.2, 0.25) is 0 Å². The molecule has 1 aromatic heterocycles. The summed E-state index contributed by atoms with van der Waals surface area (Å²) in [7, 11) is 0. The fraction of sp³-hybridized carbons (Fsp3) is 0.200. The van der Waals surface area contributed by atoms with Crippen LogP contribution in [0.3, 0.4) is 0 Å². The molecule has 0 saturated carbocycles. The van der Waals surface area contributed by atoms with E-state index in [1.54, 1.807) is 13.0 Å². The van der Waals surface area contributed by atoms with E-state index in [2.05, 4.69) is 5.10 Å². The highest BCUT2D eigenvalue weighted by Crippen LogP contribution is 2.23. The van der Waals surface area contributed by atoms with Gasteiger partial charge in [0.15, 0.2) is 0 Å². The van der Waals surface area contributed by atoms with Gasteiger partial charge in [-0.3, -0.25) is 14.9 Å². The number of hydrogen-bond donors (Lipinski definition) is 0. The Morgan fingerprint density at radius 2 is 2.29 bits per heavy atom. The minimum absolute atomic E-state index is 0.0824. The molecule has 0 N–H and O–H groups in total. The van der Waals surface area contributed by atoms with Crippen LogP contribution in [-0.2, 0) is 0 Å². The molecule has 0 aliphatic heterocycles. The van der Waals surface area contributed by atoms with E-state index in [1.165, 1.54) is 12.1 Å². The van der Waals surface area contributed by atoms with E-state index in [0.29, 0.717) is 16.6 Å². The van der Waals surface area contributed by atoms with E-state index in [4.69, 9.17) is 11.6 Å². The summed E-state index contributed by atoms with van der Waals surface area (Å²) >= 11 is 5.45. The van der Waals surface area contributed by atoms with Crippen LogP contribution in [0.25, 0.3) is 10.9 Å². The summed E-state index contributed by atoms with van der Waals surface area (Å²) < 4.78 is 1.10. The van der Waals surface area contributed by atoms with Crippen molar-refractivity contribution < 1.29 is 9.72 Å². The quantitative estimate of drug-likeness (QED) is 0.467. The van der Waals surface area contributed by atoms with Crippen molar-refractivity contribution in [2.24, 2.45) is 0 Å². The molecule has 0 radical (unpaired) electrons.